The van der Waals surface area contributed by atoms with Gasteiger partial charge in [0.25, 0.3) is 11.8 Å². The number of rotatable bonds is 7. The Labute approximate surface area is 167 Å². The van der Waals surface area contributed by atoms with E-state index in [0.29, 0.717) is 11.3 Å². The van der Waals surface area contributed by atoms with Gasteiger partial charge in [-0.1, -0.05) is 18.2 Å². The maximum atomic E-state index is 12.4. The lowest BCUT2D eigenvalue weighted by Crippen LogP contribution is -2.46. The number of hydrazine groups is 1. The molecule has 0 fully saturated rings. The first-order chi connectivity index (χ1) is 13.9. The molecule has 0 unspecified atom stereocenters. The number of benzene rings is 2. The molecular weight excluding hydrogens is 380 g/mol. The monoisotopic (exact) mass is 402 g/mol. The zero-order valence-electron chi connectivity index (χ0n) is 16.5. The number of amides is 2. The van der Waals surface area contributed by atoms with Crippen LogP contribution in [-0.2, 0) is 9.53 Å². The van der Waals surface area contributed by atoms with Crippen molar-refractivity contribution in [1.29, 1.82) is 0 Å². The summed E-state index contributed by atoms with van der Waals surface area (Å²) in [6.07, 6.45) is -1.17. The second kappa shape index (κ2) is 9.98. The molecule has 29 heavy (non-hydrogen) atoms. The summed E-state index contributed by atoms with van der Waals surface area (Å²) in [4.78, 5) is 36.5. The number of esters is 1. The van der Waals surface area contributed by atoms with Gasteiger partial charge in [-0.15, -0.1) is 0 Å². The number of methoxy groups -OCH3 is 3. The van der Waals surface area contributed by atoms with Crippen LogP contribution in [0.15, 0.2) is 42.5 Å². The van der Waals surface area contributed by atoms with Gasteiger partial charge in [0.2, 0.25) is 5.75 Å². The molecule has 0 saturated carbocycles. The van der Waals surface area contributed by atoms with Crippen LogP contribution in [0.1, 0.15) is 27.6 Å². The number of hydrogen-bond acceptors (Lipinski definition) is 7. The van der Waals surface area contributed by atoms with Gasteiger partial charge in [-0.2, -0.15) is 0 Å². The van der Waals surface area contributed by atoms with Crippen molar-refractivity contribution in [3.05, 3.63) is 53.6 Å². The Balaban J connectivity index is 2.01. The molecule has 2 amide bonds. The summed E-state index contributed by atoms with van der Waals surface area (Å²) in [6, 6.07) is 11.2. The normalized spacial score (nSPS) is 11.0. The molecule has 0 aliphatic carbocycles. The number of carbonyl (C=O) groups is 3. The van der Waals surface area contributed by atoms with E-state index in [2.05, 4.69) is 10.9 Å². The molecule has 1 atom stereocenters. The molecule has 0 heterocycles. The van der Waals surface area contributed by atoms with Crippen LogP contribution in [-0.4, -0.2) is 45.2 Å². The largest absolute Gasteiger partial charge is 0.493 e. The Morgan fingerprint density at radius 2 is 1.41 bits per heavy atom. The fourth-order valence-corrected chi connectivity index (χ4v) is 2.36. The van der Waals surface area contributed by atoms with Gasteiger partial charge in [-0.05, 0) is 31.2 Å². The third-order valence-corrected chi connectivity index (χ3v) is 3.89. The summed E-state index contributed by atoms with van der Waals surface area (Å²) in [5.74, 6) is -1.11. The molecule has 154 valence electrons. The van der Waals surface area contributed by atoms with Crippen LogP contribution >= 0.6 is 0 Å². The minimum atomic E-state index is -1.17. The highest BCUT2D eigenvalue weighted by molar-refractivity contribution is 5.96. The topological polar surface area (TPSA) is 112 Å². The van der Waals surface area contributed by atoms with Gasteiger partial charge < -0.3 is 18.9 Å². The van der Waals surface area contributed by atoms with Crippen LogP contribution in [0.2, 0.25) is 0 Å². The summed E-state index contributed by atoms with van der Waals surface area (Å²) in [5, 5.41) is 0. The molecule has 0 bridgehead atoms. The summed E-state index contributed by atoms with van der Waals surface area (Å²) in [7, 11) is 4.27. The van der Waals surface area contributed by atoms with E-state index in [1.807, 2.05) is 0 Å². The molecule has 0 aromatic heterocycles. The number of carbonyl (C=O) groups excluding carboxylic acids is 3. The molecule has 2 aromatic carbocycles. The summed E-state index contributed by atoms with van der Waals surface area (Å²) < 4.78 is 20.7. The quantitative estimate of drug-likeness (QED) is 0.536. The smallest absolute Gasteiger partial charge is 0.339 e. The molecule has 0 saturated heterocycles. The third-order valence-electron chi connectivity index (χ3n) is 3.89. The van der Waals surface area contributed by atoms with Crippen molar-refractivity contribution in [3.63, 3.8) is 0 Å². The van der Waals surface area contributed by atoms with E-state index >= 15 is 0 Å². The van der Waals surface area contributed by atoms with E-state index in [1.165, 1.54) is 40.4 Å². The molecule has 0 radical (unpaired) electrons. The summed E-state index contributed by atoms with van der Waals surface area (Å²) in [5.41, 5.74) is 4.95. The zero-order chi connectivity index (χ0) is 21.4. The number of hydrogen-bond donors (Lipinski definition) is 2. The van der Waals surface area contributed by atoms with Gasteiger partial charge in [-0.25, -0.2) is 4.79 Å². The highest BCUT2D eigenvalue weighted by atomic mass is 16.6. The van der Waals surface area contributed by atoms with Gasteiger partial charge in [0, 0.05) is 5.56 Å². The Morgan fingerprint density at radius 3 is 1.93 bits per heavy atom. The van der Waals surface area contributed by atoms with Crippen molar-refractivity contribution in [2.24, 2.45) is 0 Å². The highest BCUT2D eigenvalue weighted by Gasteiger charge is 2.22. The first-order valence-corrected chi connectivity index (χ1v) is 8.57. The van der Waals surface area contributed by atoms with Gasteiger partial charge in [-0.3, -0.25) is 20.4 Å². The SMILES string of the molecule is COc1cc(C(=O)O[C@@H](C)C(=O)NNC(=O)c2ccccc2)cc(OC)c1OC. The lowest BCUT2D eigenvalue weighted by Gasteiger charge is -2.16. The third kappa shape index (κ3) is 5.38. The van der Waals surface area contributed by atoms with Crippen molar-refractivity contribution in [3.8, 4) is 17.2 Å². The Hall–Kier alpha value is -3.75. The van der Waals surface area contributed by atoms with E-state index in [1.54, 1.807) is 30.3 Å². The maximum Gasteiger partial charge on any atom is 0.339 e. The molecule has 2 N–H and O–H groups in total. The Bertz CT molecular complexity index is 859. The highest BCUT2D eigenvalue weighted by Crippen LogP contribution is 2.38. The van der Waals surface area contributed by atoms with Crippen LogP contribution in [0.25, 0.3) is 0 Å². The lowest BCUT2D eigenvalue weighted by atomic mass is 10.2. The van der Waals surface area contributed by atoms with Crippen molar-refractivity contribution in [1.82, 2.24) is 10.9 Å². The summed E-state index contributed by atoms with van der Waals surface area (Å²) in [6.45, 7) is 1.37. The lowest BCUT2D eigenvalue weighted by molar-refractivity contribution is -0.129. The predicted molar refractivity (Wildman–Crippen MR) is 103 cm³/mol. The molecule has 9 heteroatoms. The predicted octanol–water partition coefficient (Wildman–Crippen LogP) is 1.72. The van der Waals surface area contributed by atoms with E-state index in [0.717, 1.165) is 0 Å². The van der Waals surface area contributed by atoms with Gasteiger partial charge in [0.15, 0.2) is 17.6 Å². The average molecular weight is 402 g/mol. The molecule has 2 rings (SSSR count). The fraction of sp³-hybridized carbons (Fsp3) is 0.250. The van der Waals surface area contributed by atoms with E-state index < -0.39 is 23.9 Å². The van der Waals surface area contributed by atoms with E-state index in [9.17, 15) is 14.4 Å². The molecule has 0 aliphatic rings. The van der Waals surface area contributed by atoms with Crippen LogP contribution < -0.4 is 25.1 Å². The first kappa shape index (κ1) is 21.5. The standard InChI is InChI=1S/C20H22N2O7/c1-12(18(23)21-22-19(24)13-8-6-5-7-9-13)29-20(25)14-10-15(26-2)17(28-4)16(11-14)27-3/h5-12H,1-4H3,(H,21,23)(H,22,24)/t12-/m0/s1. The molecule has 0 spiro atoms. The van der Waals surface area contributed by atoms with Crippen LogP contribution in [0.5, 0.6) is 17.2 Å². The van der Waals surface area contributed by atoms with Crippen LogP contribution in [0, 0.1) is 0 Å². The van der Waals surface area contributed by atoms with E-state index in [-0.39, 0.29) is 17.1 Å². The Morgan fingerprint density at radius 1 is 0.828 bits per heavy atom. The van der Waals surface area contributed by atoms with Crippen molar-refractivity contribution >= 4 is 17.8 Å². The molecule has 0 aliphatic heterocycles. The second-order valence-electron chi connectivity index (χ2n) is 5.77. The van der Waals surface area contributed by atoms with E-state index in [4.69, 9.17) is 18.9 Å². The van der Waals surface area contributed by atoms with Crippen LogP contribution in [0.4, 0.5) is 0 Å². The second-order valence-corrected chi connectivity index (χ2v) is 5.77. The maximum absolute atomic E-state index is 12.4. The minimum Gasteiger partial charge on any atom is -0.493 e. The first-order valence-electron chi connectivity index (χ1n) is 8.57. The van der Waals surface area contributed by atoms with Crippen molar-refractivity contribution < 1.29 is 33.3 Å². The van der Waals surface area contributed by atoms with Crippen molar-refractivity contribution in [2.45, 2.75) is 13.0 Å². The molecule has 9 nitrogen and oxygen atoms in total. The molecule has 2 aromatic rings. The number of nitrogens with one attached hydrogen (secondary N) is 2. The average Bonchev–Trinajstić information content (AvgIpc) is 2.76. The van der Waals surface area contributed by atoms with Crippen LogP contribution in [0.3, 0.4) is 0 Å². The number of ether oxygens (including phenoxy) is 4. The van der Waals surface area contributed by atoms with Gasteiger partial charge >= 0.3 is 5.97 Å². The van der Waals surface area contributed by atoms with Gasteiger partial charge in [0.05, 0.1) is 26.9 Å². The van der Waals surface area contributed by atoms with Crippen molar-refractivity contribution in [2.75, 3.05) is 21.3 Å². The minimum absolute atomic E-state index is 0.104. The summed E-state index contributed by atoms with van der Waals surface area (Å²) >= 11 is 0. The fourth-order valence-electron chi connectivity index (χ4n) is 2.36. The zero-order valence-corrected chi connectivity index (χ0v) is 16.5. The molecular formula is C20H22N2O7. The van der Waals surface area contributed by atoms with Gasteiger partial charge in [0.1, 0.15) is 0 Å². The Kier molecular flexibility index (Phi) is 7.41.